The largest absolute Gasteiger partial charge is 0.296 e. The molecule has 0 aromatic carbocycles. The van der Waals surface area contributed by atoms with E-state index in [0.717, 1.165) is 12.1 Å². The standard InChI is InChI=1S/C9H19NS/c1-4-8(2)10-5-6-11-7-9(10)3/h8-9H,4-7H2,1-3H3. The lowest BCUT2D eigenvalue weighted by Gasteiger charge is -2.37. The molecule has 1 aliphatic rings. The first-order valence-electron chi connectivity index (χ1n) is 4.59. The van der Waals surface area contributed by atoms with Crippen molar-refractivity contribution < 1.29 is 0 Å². The molecule has 1 saturated heterocycles. The van der Waals surface area contributed by atoms with Gasteiger partial charge in [-0.1, -0.05) is 6.92 Å². The fourth-order valence-electron chi connectivity index (χ4n) is 1.63. The molecular formula is C9H19NS. The molecule has 66 valence electrons. The third kappa shape index (κ3) is 2.38. The van der Waals surface area contributed by atoms with Crippen LogP contribution >= 0.6 is 11.8 Å². The van der Waals surface area contributed by atoms with Crippen molar-refractivity contribution in [3.63, 3.8) is 0 Å². The lowest BCUT2D eigenvalue weighted by molar-refractivity contribution is 0.169. The van der Waals surface area contributed by atoms with Crippen molar-refractivity contribution in [2.75, 3.05) is 18.1 Å². The van der Waals surface area contributed by atoms with Gasteiger partial charge in [0.25, 0.3) is 0 Å². The average molecular weight is 173 g/mol. The topological polar surface area (TPSA) is 3.24 Å². The van der Waals surface area contributed by atoms with E-state index in [4.69, 9.17) is 0 Å². The summed E-state index contributed by atoms with van der Waals surface area (Å²) >= 11 is 2.09. The maximum atomic E-state index is 2.64. The van der Waals surface area contributed by atoms with Crippen LogP contribution in [0.25, 0.3) is 0 Å². The number of nitrogens with zero attached hydrogens (tertiary/aromatic N) is 1. The second kappa shape index (κ2) is 4.36. The van der Waals surface area contributed by atoms with Gasteiger partial charge in [0.1, 0.15) is 0 Å². The fourth-order valence-corrected chi connectivity index (χ4v) is 2.67. The van der Waals surface area contributed by atoms with Crippen LogP contribution < -0.4 is 0 Å². The van der Waals surface area contributed by atoms with Gasteiger partial charge in [0, 0.05) is 30.1 Å². The van der Waals surface area contributed by atoms with E-state index >= 15 is 0 Å². The van der Waals surface area contributed by atoms with E-state index in [2.05, 4.69) is 37.4 Å². The zero-order chi connectivity index (χ0) is 8.27. The van der Waals surface area contributed by atoms with Crippen molar-refractivity contribution in [2.24, 2.45) is 0 Å². The molecule has 0 radical (unpaired) electrons. The van der Waals surface area contributed by atoms with E-state index in [9.17, 15) is 0 Å². The molecule has 0 saturated carbocycles. The predicted octanol–water partition coefficient (Wildman–Crippen LogP) is 2.22. The Labute approximate surface area is 74.5 Å². The molecule has 2 unspecified atom stereocenters. The van der Waals surface area contributed by atoms with Crippen molar-refractivity contribution in [1.29, 1.82) is 0 Å². The summed E-state index contributed by atoms with van der Waals surface area (Å²) in [7, 11) is 0. The first kappa shape index (κ1) is 9.40. The Morgan fingerprint density at radius 3 is 2.91 bits per heavy atom. The molecule has 1 heterocycles. The van der Waals surface area contributed by atoms with Crippen LogP contribution in [0.2, 0.25) is 0 Å². The van der Waals surface area contributed by atoms with Gasteiger partial charge in [-0.2, -0.15) is 11.8 Å². The molecule has 1 nitrogen and oxygen atoms in total. The van der Waals surface area contributed by atoms with Crippen LogP contribution in [0.3, 0.4) is 0 Å². The molecule has 0 aliphatic carbocycles. The van der Waals surface area contributed by atoms with E-state index in [1.165, 1.54) is 24.5 Å². The summed E-state index contributed by atoms with van der Waals surface area (Å²) in [5.74, 6) is 2.65. The van der Waals surface area contributed by atoms with E-state index < -0.39 is 0 Å². The quantitative estimate of drug-likeness (QED) is 0.630. The van der Waals surface area contributed by atoms with Crippen LogP contribution in [-0.2, 0) is 0 Å². The maximum absolute atomic E-state index is 2.64. The van der Waals surface area contributed by atoms with Crippen molar-refractivity contribution >= 4 is 11.8 Å². The third-order valence-electron chi connectivity index (χ3n) is 2.58. The van der Waals surface area contributed by atoms with Gasteiger partial charge in [-0.05, 0) is 20.3 Å². The van der Waals surface area contributed by atoms with Crippen LogP contribution in [0.1, 0.15) is 27.2 Å². The molecule has 0 amide bonds. The highest BCUT2D eigenvalue weighted by Gasteiger charge is 2.21. The van der Waals surface area contributed by atoms with E-state index in [0.29, 0.717) is 0 Å². The minimum absolute atomic E-state index is 0.783. The molecule has 1 fully saturated rings. The summed E-state index contributed by atoms with van der Waals surface area (Å²) < 4.78 is 0. The molecule has 2 atom stereocenters. The minimum atomic E-state index is 0.783. The second-order valence-corrected chi connectivity index (χ2v) is 4.57. The SMILES string of the molecule is CCC(C)N1CCSCC1C. The monoisotopic (exact) mass is 173 g/mol. The summed E-state index contributed by atoms with van der Waals surface area (Å²) in [4.78, 5) is 2.64. The third-order valence-corrected chi connectivity index (χ3v) is 3.77. The number of hydrogen-bond acceptors (Lipinski definition) is 2. The van der Waals surface area contributed by atoms with E-state index in [-0.39, 0.29) is 0 Å². The highest BCUT2D eigenvalue weighted by Crippen LogP contribution is 2.19. The van der Waals surface area contributed by atoms with Crippen LogP contribution in [-0.4, -0.2) is 35.0 Å². The van der Waals surface area contributed by atoms with E-state index in [1.807, 2.05) is 0 Å². The van der Waals surface area contributed by atoms with Crippen molar-refractivity contribution in [1.82, 2.24) is 4.90 Å². The number of thioether (sulfide) groups is 1. The summed E-state index contributed by atoms with van der Waals surface area (Å²) in [6, 6.07) is 1.58. The molecular weight excluding hydrogens is 154 g/mol. The average Bonchev–Trinajstić information content (AvgIpc) is 2.04. The maximum Gasteiger partial charge on any atom is 0.0161 e. The van der Waals surface area contributed by atoms with Crippen LogP contribution in [0.5, 0.6) is 0 Å². The Kier molecular flexibility index (Phi) is 3.73. The lowest BCUT2D eigenvalue weighted by atomic mass is 10.2. The molecule has 0 N–H and O–H groups in total. The molecule has 0 spiro atoms. The van der Waals surface area contributed by atoms with Crippen LogP contribution in [0.15, 0.2) is 0 Å². The van der Waals surface area contributed by atoms with Crippen molar-refractivity contribution in [3.05, 3.63) is 0 Å². The highest BCUT2D eigenvalue weighted by molar-refractivity contribution is 7.99. The van der Waals surface area contributed by atoms with Gasteiger partial charge in [0.2, 0.25) is 0 Å². The van der Waals surface area contributed by atoms with Gasteiger partial charge < -0.3 is 0 Å². The Morgan fingerprint density at radius 1 is 1.64 bits per heavy atom. The molecule has 11 heavy (non-hydrogen) atoms. The Morgan fingerprint density at radius 2 is 2.36 bits per heavy atom. The second-order valence-electron chi connectivity index (χ2n) is 3.42. The number of hydrogen-bond donors (Lipinski definition) is 0. The van der Waals surface area contributed by atoms with Gasteiger partial charge in [0.05, 0.1) is 0 Å². The number of rotatable bonds is 2. The van der Waals surface area contributed by atoms with Gasteiger partial charge in [-0.3, -0.25) is 4.90 Å². The summed E-state index contributed by atoms with van der Waals surface area (Å²) in [6.45, 7) is 8.25. The smallest absolute Gasteiger partial charge is 0.0161 e. The molecule has 0 aromatic heterocycles. The molecule has 1 rings (SSSR count). The minimum Gasteiger partial charge on any atom is -0.296 e. The summed E-state index contributed by atoms with van der Waals surface area (Å²) in [5, 5.41) is 0. The first-order valence-corrected chi connectivity index (χ1v) is 5.74. The zero-order valence-corrected chi connectivity index (χ0v) is 8.66. The van der Waals surface area contributed by atoms with Gasteiger partial charge in [-0.25, -0.2) is 0 Å². The van der Waals surface area contributed by atoms with Crippen molar-refractivity contribution in [3.8, 4) is 0 Å². The fraction of sp³-hybridized carbons (Fsp3) is 1.00. The zero-order valence-electron chi connectivity index (χ0n) is 7.84. The molecule has 0 aromatic rings. The van der Waals surface area contributed by atoms with Gasteiger partial charge in [0.15, 0.2) is 0 Å². The Hall–Kier alpha value is 0.310. The van der Waals surface area contributed by atoms with Crippen LogP contribution in [0, 0.1) is 0 Å². The van der Waals surface area contributed by atoms with E-state index in [1.54, 1.807) is 0 Å². The molecule has 1 aliphatic heterocycles. The van der Waals surface area contributed by atoms with Gasteiger partial charge in [-0.15, -0.1) is 0 Å². The lowest BCUT2D eigenvalue weighted by Crippen LogP contribution is -2.45. The van der Waals surface area contributed by atoms with Crippen molar-refractivity contribution in [2.45, 2.75) is 39.3 Å². The summed E-state index contributed by atoms with van der Waals surface area (Å²) in [6.07, 6.45) is 1.29. The summed E-state index contributed by atoms with van der Waals surface area (Å²) in [5.41, 5.74) is 0. The Bertz CT molecular complexity index is 112. The predicted molar refractivity (Wildman–Crippen MR) is 53.2 cm³/mol. The molecule has 0 bridgehead atoms. The van der Waals surface area contributed by atoms with Crippen LogP contribution in [0.4, 0.5) is 0 Å². The Balaban J connectivity index is 2.40. The molecule has 2 heteroatoms. The van der Waals surface area contributed by atoms with Gasteiger partial charge >= 0.3 is 0 Å². The normalized spacial score (nSPS) is 30.3. The highest BCUT2D eigenvalue weighted by atomic mass is 32.2. The first-order chi connectivity index (χ1) is 5.25.